The van der Waals surface area contributed by atoms with Gasteiger partial charge in [-0.15, -0.1) is 0 Å². The maximum absolute atomic E-state index is 10.4. The lowest BCUT2D eigenvalue weighted by molar-refractivity contribution is -0.137. The van der Waals surface area contributed by atoms with Gasteiger partial charge in [0.2, 0.25) is 0 Å². The minimum Gasteiger partial charge on any atom is -0.481 e. The van der Waals surface area contributed by atoms with Crippen molar-refractivity contribution in [1.29, 1.82) is 0 Å². The normalized spacial score (nSPS) is 15.8. The fraction of sp³-hybridized carbons (Fsp3) is 0.833. The van der Waals surface area contributed by atoms with Crippen LogP contribution in [0.2, 0.25) is 0 Å². The Bertz CT molecular complexity index is 293. The maximum Gasteiger partial charge on any atom is 0.303 e. The number of aliphatic carboxylic acids is 1. The molecule has 0 aliphatic heterocycles. The molecule has 2 atom stereocenters. The molecular formula is C18H34O2. The van der Waals surface area contributed by atoms with Crippen LogP contribution in [0.4, 0.5) is 0 Å². The quantitative estimate of drug-likeness (QED) is 0.291. The van der Waals surface area contributed by atoms with Crippen LogP contribution in [0.25, 0.3) is 0 Å². The number of carboxylic acid groups (broad SMARTS) is 1. The third-order valence-corrected chi connectivity index (χ3v) is 3.33. The van der Waals surface area contributed by atoms with E-state index in [1.807, 2.05) is 0 Å². The molecule has 0 saturated carbocycles. The van der Waals surface area contributed by atoms with E-state index >= 15 is 0 Å². The van der Waals surface area contributed by atoms with Gasteiger partial charge < -0.3 is 5.11 Å². The molecular weight excluding hydrogens is 248 g/mol. The second kappa shape index (κ2) is 16.3. The third kappa shape index (κ3) is 17.2. The Labute approximate surface area is 128 Å². The Morgan fingerprint density at radius 2 is 1.50 bits per heavy atom. The van der Waals surface area contributed by atoms with Gasteiger partial charge in [-0.25, -0.2) is 0 Å². The molecule has 0 aromatic heterocycles. The van der Waals surface area contributed by atoms with E-state index in [0.29, 0.717) is 6.42 Å². The molecule has 0 fully saturated rings. The number of hydrogen-bond acceptors (Lipinski definition) is 1. The van der Waals surface area contributed by atoms with E-state index in [0.717, 1.165) is 25.7 Å². The molecule has 118 valence electrons. The zero-order valence-electron chi connectivity index (χ0n) is 15.2. The number of allylic oxidation sites excluding steroid dienone is 2. The highest BCUT2D eigenvalue weighted by Gasteiger charge is 1.95. The molecule has 0 aromatic rings. The van der Waals surface area contributed by atoms with Crippen molar-refractivity contribution in [2.24, 2.45) is 0 Å². The van der Waals surface area contributed by atoms with E-state index in [4.69, 9.17) is 7.85 Å². The molecule has 0 radical (unpaired) electrons. The fourth-order valence-corrected chi connectivity index (χ4v) is 2.10. The number of unbranched alkanes of at least 4 members (excludes halogenated alkanes) is 6. The van der Waals surface area contributed by atoms with Gasteiger partial charge in [-0.05, 0) is 32.1 Å². The molecule has 1 N–H and O–H groups in total. The fourth-order valence-electron chi connectivity index (χ4n) is 2.10. The topological polar surface area (TPSA) is 37.3 Å². The summed E-state index contributed by atoms with van der Waals surface area (Å²) in [7, 11) is 0. The van der Waals surface area contributed by atoms with Gasteiger partial charge in [0.05, 0.1) is 0 Å². The van der Waals surface area contributed by atoms with Crippen LogP contribution in [-0.2, 0) is 4.79 Å². The Hall–Kier alpha value is -0.790. The highest BCUT2D eigenvalue weighted by Crippen LogP contribution is 2.09. The second-order valence-electron chi connectivity index (χ2n) is 5.37. The average molecular weight is 284 g/mol. The summed E-state index contributed by atoms with van der Waals surface area (Å²) in [6, 6.07) is 0. The van der Waals surface area contributed by atoms with Crippen LogP contribution in [0.3, 0.4) is 0 Å². The van der Waals surface area contributed by atoms with Crippen LogP contribution in [0, 0.1) is 0 Å². The number of rotatable bonds is 15. The molecule has 0 amide bonds. The van der Waals surface area contributed by atoms with Gasteiger partial charge in [-0.3, -0.25) is 4.79 Å². The van der Waals surface area contributed by atoms with E-state index < -0.39 is 12.4 Å². The summed E-state index contributed by atoms with van der Waals surface area (Å²) in [6.07, 6.45) is 15.5. The molecule has 0 aliphatic rings. The highest BCUT2D eigenvalue weighted by molar-refractivity contribution is 5.66. The number of carboxylic acids is 1. The molecule has 0 rings (SSSR count). The lowest BCUT2D eigenvalue weighted by Crippen LogP contribution is -1.93. The van der Waals surface area contributed by atoms with Gasteiger partial charge >= 0.3 is 5.97 Å². The summed E-state index contributed by atoms with van der Waals surface area (Å²) in [5, 5.41) is 8.57. The van der Waals surface area contributed by atoms with Gasteiger partial charge in [0.25, 0.3) is 0 Å². The number of carbonyl (C=O) groups is 1. The maximum atomic E-state index is 10.4. The van der Waals surface area contributed by atoms with Crippen molar-refractivity contribution in [2.45, 2.75) is 96.8 Å². The largest absolute Gasteiger partial charge is 0.481 e. The summed E-state index contributed by atoms with van der Waals surface area (Å²) in [4.78, 5) is 10.4. The van der Waals surface area contributed by atoms with Crippen LogP contribution < -0.4 is 0 Å². The van der Waals surface area contributed by atoms with Crippen molar-refractivity contribution in [3.8, 4) is 0 Å². The molecule has 0 spiro atoms. The number of hydrogen-bond donors (Lipinski definition) is 1. The van der Waals surface area contributed by atoms with E-state index in [-0.39, 0.29) is 12.8 Å². The predicted molar refractivity (Wildman–Crippen MR) is 87.1 cm³/mol. The standard InChI is InChI=1S/C18H34O2/c1-2-3-4-5-6-7-8-9-10-11-12-13-14-15-16-17-18(19)20/h9-10H,2-8,11-17H2,1H3,(H,19,20)/b10-9-/i12D,16D. The molecule has 2 unspecified atom stereocenters. The van der Waals surface area contributed by atoms with E-state index in [2.05, 4.69) is 19.1 Å². The molecule has 0 heterocycles. The minimum absolute atomic E-state index is 0.0825. The van der Waals surface area contributed by atoms with Crippen molar-refractivity contribution >= 4 is 5.97 Å². The van der Waals surface area contributed by atoms with Crippen molar-refractivity contribution in [2.75, 3.05) is 0 Å². The van der Waals surface area contributed by atoms with Crippen LogP contribution in [-0.4, -0.2) is 11.1 Å². The Balaban J connectivity index is 3.42. The first kappa shape index (κ1) is 15.6. The molecule has 0 aromatic carbocycles. The first-order valence-corrected chi connectivity index (χ1v) is 8.27. The van der Waals surface area contributed by atoms with Crippen molar-refractivity contribution in [1.82, 2.24) is 0 Å². The van der Waals surface area contributed by atoms with Gasteiger partial charge in [0, 0.05) is 9.16 Å². The van der Waals surface area contributed by atoms with E-state index in [9.17, 15) is 4.79 Å². The summed E-state index contributed by atoms with van der Waals surface area (Å²) >= 11 is 0. The Kier molecular flexibility index (Phi) is 12.7. The Morgan fingerprint density at radius 3 is 2.25 bits per heavy atom. The van der Waals surface area contributed by atoms with E-state index in [1.165, 1.54) is 38.5 Å². The van der Waals surface area contributed by atoms with Gasteiger partial charge in [0.1, 0.15) is 0 Å². The third-order valence-electron chi connectivity index (χ3n) is 3.33. The summed E-state index contributed by atoms with van der Waals surface area (Å²) in [5.74, 6) is -0.903. The predicted octanol–water partition coefficient (Wildman–Crippen LogP) is 6.11. The van der Waals surface area contributed by atoms with Gasteiger partial charge in [-0.1, -0.05) is 70.4 Å². The second-order valence-corrected chi connectivity index (χ2v) is 5.37. The zero-order chi connectivity index (χ0) is 16.6. The van der Waals surface area contributed by atoms with Gasteiger partial charge in [0.15, 0.2) is 0 Å². The lowest BCUT2D eigenvalue weighted by Gasteiger charge is -1.99. The van der Waals surface area contributed by atoms with Crippen LogP contribution in [0.15, 0.2) is 12.2 Å². The average Bonchev–Trinajstić information content (AvgIpc) is 2.44. The van der Waals surface area contributed by atoms with Crippen molar-refractivity contribution in [3.63, 3.8) is 0 Å². The molecule has 0 bridgehead atoms. The molecule has 20 heavy (non-hydrogen) atoms. The summed E-state index contributed by atoms with van der Waals surface area (Å²) in [6.45, 7) is 2.23. The smallest absolute Gasteiger partial charge is 0.303 e. The SMILES string of the molecule is [2H]C(C/C=C\CCCCCCCC)CCCC([2H])CC(=O)O. The monoisotopic (exact) mass is 284 g/mol. The molecule has 2 nitrogen and oxygen atoms in total. The Morgan fingerprint density at radius 1 is 0.900 bits per heavy atom. The summed E-state index contributed by atoms with van der Waals surface area (Å²) in [5.41, 5.74) is 0. The first-order chi connectivity index (χ1) is 10.6. The molecule has 0 aliphatic carbocycles. The first-order valence-electron chi connectivity index (χ1n) is 9.43. The van der Waals surface area contributed by atoms with Crippen LogP contribution in [0.1, 0.15) is 99.5 Å². The molecule has 0 saturated heterocycles. The van der Waals surface area contributed by atoms with Crippen LogP contribution >= 0.6 is 0 Å². The minimum atomic E-state index is -0.903. The van der Waals surface area contributed by atoms with Crippen LogP contribution in [0.5, 0.6) is 0 Å². The summed E-state index contributed by atoms with van der Waals surface area (Å²) < 4.78 is 15.5. The van der Waals surface area contributed by atoms with E-state index in [1.54, 1.807) is 0 Å². The molecule has 2 heteroatoms. The zero-order valence-corrected chi connectivity index (χ0v) is 13.2. The van der Waals surface area contributed by atoms with Crippen molar-refractivity contribution < 1.29 is 12.6 Å². The lowest BCUT2D eigenvalue weighted by atomic mass is 10.1. The van der Waals surface area contributed by atoms with Gasteiger partial charge in [-0.2, -0.15) is 0 Å². The highest BCUT2D eigenvalue weighted by atomic mass is 16.4. The van der Waals surface area contributed by atoms with Crippen molar-refractivity contribution in [3.05, 3.63) is 12.2 Å².